The summed E-state index contributed by atoms with van der Waals surface area (Å²) >= 11 is 16.0. The molecule has 0 aliphatic rings. The maximum absolute atomic E-state index is 11.6. The molecular weight excluding hydrogens is 1240 g/mol. The number of aromatic carboxylic acids is 1. The van der Waals surface area contributed by atoms with Gasteiger partial charge in [-0.1, -0.05) is 0 Å². The molecule has 0 aliphatic carbocycles. The first-order chi connectivity index (χ1) is 32.8. The lowest BCUT2D eigenvalue weighted by atomic mass is 10.1. The number of halogens is 5. The van der Waals surface area contributed by atoms with Crippen molar-refractivity contribution in [1.29, 1.82) is 0 Å². The summed E-state index contributed by atoms with van der Waals surface area (Å²) in [6.45, 7) is 11.0. The second-order valence-corrected chi connectivity index (χ2v) is 19.4. The molecule has 380 valence electrons. The Kier molecular flexibility index (Phi) is 28.8. The van der Waals surface area contributed by atoms with Crippen molar-refractivity contribution in [3.8, 4) is 28.7 Å². The van der Waals surface area contributed by atoms with Gasteiger partial charge in [0, 0.05) is 23.6 Å². The molecule has 70 heavy (non-hydrogen) atoms. The van der Waals surface area contributed by atoms with Gasteiger partial charge in [-0.15, -0.1) is 0 Å². The number of rotatable bonds is 13. The Morgan fingerprint density at radius 2 is 0.943 bits per heavy atom. The summed E-state index contributed by atoms with van der Waals surface area (Å²) in [7, 11) is 7.58. The normalized spacial score (nSPS) is 10.5. The third kappa shape index (κ3) is 25.2. The molecule has 0 bridgehead atoms. The van der Waals surface area contributed by atoms with Crippen LogP contribution in [0.3, 0.4) is 0 Å². The van der Waals surface area contributed by atoms with E-state index in [2.05, 4.69) is 105 Å². The highest BCUT2D eigenvalue weighted by atomic mass is 79.9. The smallest absolute Gasteiger partial charge is 0.339 e. The zero-order valence-corrected chi connectivity index (χ0v) is 48.1. The summed E-state index contributed by atoms with van der Waals surface area (Å²) in [4.78, 5) is 63.9. The first-order valence-electron chi connectivity index (χ1n) is 20.2. The molecule has 0 aliphatic heterocycles. The van der Waals surface area contributed by atoms with Crippen molar-refractivity contribution < 1.29 is 62.5 Å². The molecule has 5 heterocycles. The number of hydrogen-bond donors (Lipinski definition) is 2. The maximum Gasteiger partial charge on any atom is 0.339 e. The minimum Gasteiger partial charge on any atom is -0.495 e. The summed E-state index contributed by atoms with van der Waals surface area (Å²) in [6, 6.07) is 8.33. The van der Waals surface area contributed by atoms with E-state index in [1.807, 2.05) is 47.6 Å². The van der Waals surface area contributed by atoms with Gasteiger partial charge in [-0.25, -0.2) is 34.5 Å². The second-order valence-electron chi connectivity index (χ2n) is 15.4. The molecule has 0 fully saturated rings. The van der Waals surface area contributed by atoms with Crippen LogP contribution in [0.15, 0.2) is 90.4 Å². The Hall–Kier alpha value is -5.07. The standard InChI is InChI=1S/C13H18BrNO3.C13H16BrNO3.C7H6BrNO3.C7H8BrNO2.C7H6BrNO2/c2*1-13(2,3)18-12(16)6-5-9-7-11(14)15-8-10(9)17-4;1-12-5-3-9-6(8)2-4(5)7(10)11;2*1-11-6-3-9-7(8)2-5(6)4-10/h7-8H,5-6H2,1-4H3;5-8H,1-4H3;2-3H,1H3,(H,10,11);2-3,10H,4H2,1H3;2-4H,1H3/b;6-5+;;;. The number of carboxylic acid groups (broad SMARTS) is 1. The number of pyridine rings is 5. The van der Waals surface area contributed by atoms with Gasteiger partial charge in [-0.2, -0.15) is 0 Å². The van der Waals surface area contributed by atoms with E-state index in [1.165, 1.54) is 38.8 Å². The van der Waals surface area contributed by atoms with Crippen molar-refractivity contribution in [2.75, 3.05) is 35.5 Å². The van der Waals surface area contributed by atoms with Crippen LogP contribution in [0.2, 0.25) is 0 Å². The fourth-order valence-electron chi connectivity index (χ4n) is 4.89. The average molecular weight is 1300 g/mol. The van der Waals surface area contributed by atoms with E-state index in [0.717, 1.165) is 27.6 Å². The van der Waals surface area contributed by atoms with Crippen LogP contribution in [-0.2, 0) is 32.1 Å². The van der Waals surface area contributed by atoms with Crippen molar-refractivity contribution in [2.24, 2.45) is 0 Å². The molecule has 0 spiro atoms. The van der Waals surface area contributed by atoms with Crippen molar-refractivity contribution >= 4 is 110 Å². The molecule has 0 saturated carbocycles. The predicted octanol–water partition coefficient (Wildman–Crippen LogP) is 10.9. The highest BCUT2D eigenvalue weighted by Crippen LogP contribution is 2.25. The van der Waals surface area contributed by atoms with E-state index in [0.29, 0.717) is 59.8 Å². The molecule has 0 aromatic carbocycles. The van der Waals surface area contributed by atoms with Crippen molar-refractivity contribution in [2.45, 2.75) is 72.2 Å². The van der Waals surface area contributed by atoms with Gasteiger partial charge in [0.2, 0.25) is 0 Å². The summed E-state index contributed by atoms with van der Waals surface area (Å²) in [5.41, 5.74) is 2.07. The lowest BCUT2D eigenvalue weighted by Gasteiger charge is -2.19. The molecule has 0 saturated heterocycles. The topological polar surface area (TPSA) is 238 Å². The number of aromatic nitrogens is 5. The number of aldehydes is 1. The minimum atomic E-state index is -1.03. The first kappa shape index (κ1) is 62.9. The number of aliphatic hydroxyl groups is 1. The van der Waals surface area contributed by atoms with Crippen molar-refractivity contribution in [3.63, 3.8) is 0 Å². The number of carbonyl (C=O) groups excluding carboxylic acids is 3. The van der Waals surface area contributed by atoms with Crippen molar-refractivity contribution in [1.82, 2.24) is 24.9 Å². The van der Waals surface area contributed by atoms with E-state index >= 15 is 0 Å². The number of methoxy groups -OCH3 is 5. The molecule has 2 N–H and O–H groups in total. The van der Waals surface area contributed by atoms with Crippen LogP contribution in [0, 0.1) is 0 Å². The van der Waals surface area contributed by atoms with Gasteiger partial charge in [0.1, 0.15) is 62.8 Å². The van der Waals surface area contributed by atoms with E-state index in [9.17, 15) is 19.2 Å². The van der Waals surface area contributed by atoms with Gasteiger partial charge in [-0.05, 0) is 170 Å². The summed E-state index contributed by atoms with van der Waals surface area (Å²) in [6.07, 6.45) is 12.3. The molecule has 0 atom stereocenters. The minimum absolute atomic E-state index is 0.0374. The first-order valence-corrected chi connectivity index (χ1v) is 24.2. The number of carboxylic acids is 1. The Morgan fingerprint density at radius 3 is 1.37 bits per heavy atom. The van der Waals surface area contributed by atoms with E-state index in [-0.39, 0.29) is 23.9 Å². The highest BCUT2D eigenvalue weighted by molar-refractivity contribution is 9.11. The SMILES string of the molecule is COc1cnc(Br)cc1/C=C/C(=O)OC(C)(C)C.COc1cnc(Br)cc1C(=O)O.COc1cnc(Br)cc1C=O.COc1cnc(Br)cc1CCC(=O)OC(C)(C)C.COc1cnc(Br)cc1CO. The van der Waals surface area contributed by atoms with E-state index in [1.54, 1.807) is 64.2 Å². The van der Waals surface area contributed by atoms with Gasteiger partial charge >= 0.3 is 17.9 Å². The fourth-order valence-corrected chi connectivity index (χ4v) is 6.68. The second kappa shape index (κ2) is 32.0. The molecule has 0 unspecified atom stereocenters. The molecule has 5 rings (SSSR count). The van der Waals surface area contributed by atoms with Crippen LogP contribution >= 0.6 is 79.6 Å². The van der Waals surface area contributed by atoms with Crippen LogP contribution in [0.25, 0.3) is 6.08 Å². The van der Waals surface area contributed by atoms with Crippen LogP contribution in [0.1, 0.15) is 85.4 Å². The van der Waals surface area contributed by atoms with Crippen molar-refractivity contribution in [3.05, 3.63) is 118 Å². The highest BCUT2D eigenvalue weighted by Gasteiger charge is 2.17. The lowest BCUT2D eigenvalue weighted by Crippen LogP contribution is -2.24. The molecule has 0 amide bonds. The summed E-state index contributed by atoms with van der Waals surface area (Å²) < 4.78 is 38.6. The van der Waals surface area contributed by atoms with Crippen LogP contribution in [0.5, 0.6) is 28.7 Å². The molecule has 23 heteroatoms. The Labute approximate surface area is 448 Å². The van der Waals surface area contributed by atoms with Crippen LogP contribution < -0.4 is 23.7 Å². The zero-order valence-electron chi connectivity index (χ0n) is 40.1. The Bertz CT molecular complexity index is 2520. The van der Waals surface area contributed by atoms with E-state index < -0.39 is 23.1 Å². The van der Waals surface area contributed by atoms with Crippen LogP contribution in [-0.4, -0.2) is 106 Å². The Morgan fingerprint density at radius 1 is 0.557 bits per heavy atom. The predicted molar refractivity (Wildman–Crippen MR) is 280 cm³/mol. The van der Waals surface area contributed by atoms with Crippen LogP contribution in [0.4, 0.5) is 0 Å². The zero-order chi connectivity index (χ0) is 53.2. The third-order valence-electron chi connectivity index (χ3n) is 7.84. The largest absolute Gasteiger partial charge is 0.495 e. The van der Waals surface area contributed by atoms with Gasteiger partial charge in [0.15, 0.2) is 12.0 Å². The van der Waals surface area contributed by atoms with E-state index in [4.69, 9.17) is 43.4 Å². The summed E-state index contributed by atoms with van der Waals surface area (Å²) in [5.74, 6) is 0.995. The molecule has 5 aromatic rings. The molecular formula is C47H54Br5N5O13. The molecule has 0 radical (unpaired) electrons. The maximum atomic E-state index is 11.6. The molecule has 18 nitrogen and oxygen atoms in total. The number of aliphatic hydroxyl groups excluding tert-OH is 1. The summed E-state index contributed by atoms with van der Waals surface area (Å²) in [5, 5.41) is 17.5. The molecule has 5 aromatic heterocycles. The fraction of sp³-hybridized carbons (Fsp3) is 0.340. The van der Waals surface area contributed by atoms with Gasteiger partial charge in [0.05, 0.1) is 78.7 Å². The number of ether oxygens (including phenoxy) is 7. The quantitative estimate of drug-likeness (QED) is 0.0482. The number of esters is 2. The Balaban J connectivity index is 0.000000445. The number of hydrogen-bond acceptors (Lipinski definition) is 17. The number of carbonyl (C=O) groups is 4. The van der Waals surface area contributed by atoms with Gasteiger partial charge in [-0.3, -0.25) is 9.59 Å². The monoisotopic (exact) mass is 1290 g/mol. The lowest BCUT2D eigenvalue weighted by molar-refractivity contribution is -0.154. The van der Waals surface area contributed by atoms with Gasteiger partial charge in [0.25, 0.3) is 0 Å². The number of nitrogens with zero attached hydrogens (tertiary/aromatic N) is 5. The third-order valence-corrected chi connectivity index (χ3v) is 10.0. The average Bonchev–Trinajstić information content (AvgIpc) is 3.30. The number of aryl methyl sites for hydroxylation is 1. The van der Waals surface area contributed by atoms with Gasteiger partial charge < -0.3 is 43.4 Å².